The van der Waals surface area contributed by atoms with Crippen molar-refractivity contribution < 1.29 is 22.7 Å². The summed E-state index contributed by atoms with van der Waals surface area (Å²) in [6.07, 6.45) is 4.57. The lowest BCUT2D eigenvalue weighted by Gasteiger charge is -2.33. The highest BCUT2D eigenvalue weighted by Crippen LogP contribution is 2.25. The highest BCUT2D eigenvalue weighted by atomic mass is 32.2. The van der Waals surface area contributed by atoms with E-state index in [0.29, 0.717) is 38.5 Å². The van der Waals surface area contributed by atoms with Crippen LogP contribution in [0.3, 0.4) is 0 Å². The molecule has 1 N–H and O–H groups in total. The van der Waals surface area contributed by atoms with Crippen LogP contribution in [0.25, 0.3) is 0 Å². The zero-order valence-electron chi connectivity index (χ0n) is 20.1. The third-order valence-corrected chi connectivity index (χ3v) is 8.02. The number of anilines is 2. The van der Waals surface area contributed by atoms with E-state index in [1.807, 2.05) is 30.3 Å². The summed E-state index contributed by atoms with van der Waals surface area (Å²) in [5.74, 6) is -0.461. The molecule has 0 aliphatic carbocycles. The molecule has 0 spiro atoms. The molecule has 1 atom stereocenters. The third-order valence-electron chi connectivity index (χ3n) is 6.47. The van der Waals surface area contributed by atoms with Crippen molar-refractivity contribution in [3.8, 4) is 0 Å². The van der Waals surface area contributed by atoms with Gasteiger partial charge in [-0.2, -0.15) is 12.7 Å². The van der Waals surface area contributed by atoms with E-state index in [2.05, 4.69) is 21.8 Å². The fourth-order valence-electron chi connectivity index (χ4n) is 4.54. The van der Waals surface area contributed by atoms with Crippen molar-refractivity contribution in [1.82, 2.24) is 4.31 Å². The number of hydrogen-bond acceptors (Lipinski definition) is 6. The molecular weight excluding hydrogens is 466 g/mol. The lowest BCUT2D eigenvalue weighted by molar-refractivity contribution is -0.149. The van der Waals surface area contributed by atoms with E-state index in [1.165, 1.54) is 9.87 Å². The van der Waals surface area contributed by atoms with Gasteiger partial charge in [-0.05, 0) is 68.4 Å². The van der Waals surface area contributed by atoms with Crippen molar-refractivity contribution in [3.05, 3.63) is 60.2 Å². The molecule has 2 saturated heterocycles. The summed E-state index contributed by atoms with van der Waals surface area (Å²) in [5.41, 5.74) is 2.76. The Bertz CT molecular complexity index is 1040. The fourth-order valence-corrected chi connectivity index (χ4v) is 5.99. The number of hydrogen-bond donors (Lipinski definition) is 1. The summed E-state index contributed by atoms with van der Waals surface area (Å²) in [4.78, 5) is 15.0. The molecule has 2 aromatic rings. The molecule has 0 saturated carbocycles. The maximum Gasteiger partial charge on any atom is 0.324 e. The summed E-state index contributed by atoms with van der Waals surface area (Å²) in [7, 11) is -3.89. The highest BCUT2D eigenvalue weighted by molar-refractivity contribution is 7.90. The molecule has 2 aromatic carbocycles. The van der Waals surface area contributed by atoms with Gasteiger partial charge in [-0.1, -0.05) is 30.3 Å². The number of carbonyl (C=O) groups excluding carboxylic acids is 1. The molecule has 9 heteroatoms. The Morgan fingerprint density at radius 2 is 1.71 bits per heavy atom. The lowest BCUT2D eigenvalue weighted by Crippen LogP contribution is -2.50. The standard InChI is InChI=1S/C26H35N3O5S/c30-26(34-19-7-5-10-22-8-2-1-3-9-22)25-11-4-6-16-29(25)35(31,32)27-23-12-14-24(15-13-23)28-17-20-33-21-18-28/h1-3,8-9,12-15,25,27H,4-7,10-11,16-21H2. The van der Waals surface area contributed by atoms with Crippen LogP contribution >= 0.6 is 0 Å². The van der Waals surface area contributed by atoms with Gasteiger partial charge >= 0.3 is 16.2 Å². The molecule has 35 heavy (non-hydrogen) atoms. The van der Waals surface area contributed by atoms with Crippen LogP contribution in [0.4, 0.5) is 11.4 Å². The molecule has 2 fully saturated rings. The maximum absolute atomic E-state index is 13.2. The Kier molecular flexibility index (Phi) is 9.01. The Morgan fingerprint density at radius 3 is 2.46 bits per heavy atom. The second-order valence-electron chi connectivity index (χ2n) is 8.99. The first-order chi connectivity index (χ1) is 17.0. The Balaban J connectivity index is 1.29. The molecule has 2 aliphatic rings. The van der Waals surface area contributed by atoms with Gasteiger partial charge in [-0.15, -0.1) is 0 Å². The number of rotatable bonds is 10. The van der Waals surface area contributed by atoms with Gasteiger partial charge < -0.3 is 14.4 Å². The Labute approximate surface area is 208 Å². The number of ether oxygens (including phenoxy) is 2. The predicted octanol–water partition coefficient (Wildman–Crippen LogP) is 3.60. The number of carbonyl (C=O) groups is 1. The zero-order chi connectivity index (χ0) is 24.5. The highest BCUT2D eigenvalue weighted by Gasteiger charge is 2.37. The largest absolute Gasteiger partial charge is 0.464 e. The van der Waals surface area contributed by atoms with Crippen molar-refractivity contribution in [2.75, 3.05) is 49.1 Å². The van der Waals surface area contributed by atoms with E-state index in [0.717, 1.165) is 50.9 Å². The number of nitrogens with zero attached hydrogens (tertiary/aromatic N) is 2. The monoisotopic (exact) mass is 501 g/mol. The van der Waals surface area contributed by atoms with Gasteiger partial charge in [-0.3, -0.25) is 9.52 Å². The van der Waals surface area contributed by atoms with E-state index < -0.39 is 22.2 Å². The maximum atomic E-state index is 13.2. The summed E-state index contributed by atoms with van der Waals surface area (Å²) in [5, 5.41) is 0. The van der Waals surface area contributed by atoms with E-state index in [9.17, 15) is 13.2 Å². The SMILES string of the molecule is O=C(OCCCCc1ccccc1)C1CCCCN1S(=O)(=O)Nc1ccc(N2CCOCC2)cc1. The summed E-state index contributed by atoms with van der Waals surface area (Å²) >= 11 is 0. The van der Waals surface area contributed by atoms with Gasteiger partial charge in [-0.25, -0.2) is 0 Å². The van der Waals surface area contributed by atoms with Crippen LogP contribution < -0.4 is 9.62 Å². The van der Waals surface area contributed by atoms with E-state index >= 15 is 0 Å². The van der Waals surface area contributed by atoms with Crippen molar-refractivity contribution >= 4 is 27.6 Å². The lowest BCUT2D eigenvalue weighted by atomic mass is 10.1. The molecule has 0 aromatic heterocycles. The van der Waals surface area contributed by atoms with Crippen LogP contribution in [-0.4, -0.2) is 64.2 Å². The van der Waals surface area contributed by atoms with Crippen LogP contribution in [0.15, 0.2) is 54.6 Å². The van der Waals surface area contributed by atoms with Crippen molar-refractivity contribution in [2.45, 2.75) is 44.6 Å². The van der Waals surface area contributed by atoms with E-state index in [1.54, 1.807) is 12.1 Å². The first-order valence-electron chi connectivity index (χ1n) is 12.5. The van der Waals surface area contributed by atoms with Gasteiger partial charge in [0.2, 0.25) is 0 Å². The molecular formula is C26H35N3O5S. The number of esters is 1. The van der Waals surface area contributed by atoms with E-state index in [4.69, 9.17) is 9.47 Å². The minimum absolute atomic E-state index is 0.298. The molecule has 4 rings (SSSR count). The van der Waals surface area contributed by atoms with Crippen molar-refractivity contribution in [2.24, 2.45) is 0 Å². The quantitative estimate of drug-likeness (QED) is 0.395. The van der Waals surface area contributed by atoms with Gasteiger partial charge in [0.05, 0.1) is 19.8 Å². The summed E-state index contributed by atoms with van der Waals surface area (Å²) in [6.45, 7) is 3.60. The first kappa shape index (κ1) is 25.5. The van der Waals surface area contributed by atoms with Crippen molar-refractivity contribution in [3.63, 3.8) is 0 Å². The number of unbranched alkanes of at least 4 members (excludes halogenated alkanes) is 1. The number of piperidine rings is 1. The molecule has 190 valence electrons. The number of nitrogens with one attached hydrogen (secondary N) is 1. The van der Waals surface area contributed by atoms with Gasteiger partial charge in [0, 0.05) is 31.0 Å². The average Bonchev–Trinajstić information content (AvgIpc) is 2.90. The van der Waals surface area contributed by atoms with Crippen LogP contribution in [0.5, 0.6) is 0 Å². The average molecular weight is 502 g/mol. The van der Waals surface area contributed by atoms with Crippen LogP contribution in [0.2, 0.25) is 0 Å². The van der Waals surface area contributed by atoms with Gasteiger partial charge in [0.15, 0.2) is 0 Å². The molecule has 0 radical (unpaired) electrons. The molecule has 1 unspecified atom stereocenters. The summed E-state index contributed by atoms with van der Waals surface area (Å²) < 4.78 is 41.1. The normalized spacial score (nSPS) is 19.3. The number of benzene rings is 2. The Morgan fingerprint density at radius 1 is 0.971 bits per heavy atom. The van der Waals surface area contributed by atoms with Crippen molar-refractivity contribution in [1.29, 1.82) is 0 Å². The summed E-state index contributed by atoms with van der Waals surface area (Å²) in [6, 6.07) is 16.7. The minimum atomic E-state index is -3.89. The van der Waals surface area contributed by atoms with Gasteiger partial charge in [0.1, 0.15) is 6.04 Å². The van der Waals surface area contributed by atoms with Crippen LogP contribution in [-0.2, 0) is 30.9 Å². The number of morpholine rings is 1. The smallest absolute Gasteiger partial charge is 0.324 e. The topological polar surface area (TPSA) is 88.2 Å². The predicted molar refractivity (Wildman–Crippen MR) is 137 cm³/mol. The van der Waals surface area contributed by atoms with Crippen LogP contribution in [0, 0.1) is 0 Å². The minimum Gasteiger partial charge on any atom is -0.464 e. The zero-order valence-corrected chi connectivity index (χ0v) is 20.9. The third kappa shape index (κ3) is 7.19. The molecule has 2 heterocycles. The van der Waals surface area contributed by atoms with Crippen LogP contribution in [0.1, 0.15) is 37.7 Å². The second-order valence-corrected chi connectivity index (χ2v) is 10.6. The second kappa shape index (κ2) is 12.4. The first-order valence-corrected chi connectivity index (χ1v) is 13.9. The fraction of sp³-hybridized carbons (Fsp3) is 0.500. The number of aryl methyl sites for hydroxylation is 1. The molecule has 0 amide bonds. The molecule has 0 bridgehead atoms. The molecule has 8 nitrogen and oxygen atoms in total. The molecule has 2 aliphatic heterocycles. The van der Waals surface area contributed by atoms with Gasteiger partial charge in [0.25, 0.3) is 0 Å². The Hall–Kier alpha value is -2.62. The van der Waals surface area contributed by atoms with E-state index in [-0.39, 0.29) is 0 Å².